The lowest BCUT2D eigenvalue weighted by Crippen LogP contribution is -2.49. The first-order valence-corrected chi connectivity index (χ1v) is 11.3. The molecular weight excluding hydrogens is 448 g/mol. The highest BCUT2D eigenvalue weighted by Gasteiger charge is 2.24. The molecule has 1 amide bonds. The van der Waals surface area contributed by atoms with Crippen molar-refractivity contribution in [3.05, 3.63) is 62.5 Å². The Kier molecular flexibility index (Phi) is 5.96. The van der Waals surface area contributed by atoms with E-state index in [9.17, 15) is 4.79 Å². The molecule has 0 spiro atoms. The number of piperazine rings is 1. The van der Waals surface area contributed by atoms with Crippen LogP contribution in [0.4, 0.5) is 5.82 Å². The summed E-state index contributed by atoms with van der Waals surface area (Å²) in [5.41, 5.74) is 3.24. The number of thiazole rings is 1. The number of aryl methyl sites for hydroxylation is 2. The third-order valence-corrected chi connectivity index (χ3v) is 6.55. The minimum atomic E-state index is 0.172. The second kappa shape index (κ2) is 8.63. The molecule has 0 unspecified atom stereocenters. The minimum absolute atomic E-state index is 0.172. The van der Waals surface area contributed by atoms with Crippen molar-refractivity contribution in [3.8, 4) is 11.3 Å². The van der Waals surface area contributed by atoms with E-state index in [0.717, 1.165) is 44.5 Å². The number of amides is 1. The summed E-state index contributed by atoms with van der Waals surface area (Å²) in [7, 11) is 0. The zero-order chi connectivity index (χ0) is 20.4. The molecule has 2 aromatic heterocycles. The molecule has 5 nitrogen and oxygen atoms in total. The van der Waals surface area contributed by atoms with Crippen LogP contribution in [0.3, 0.4) is 0 Å². The summed E-state index contributed by atoms with van der Waals surface area (Å²) >= 11 is 5.04. The summed E-state index contributed by atoms with van der Waals surface area (Å²) < 4.78 is 0.972. The number of halogens is 1. The van der Waals surface area contributed by atoms with E-state index in [0.29, 0.717) is 19.5 Å². The SMILES string of the molecule is Cc1ccc(-c2nc(C)sc2CC(=O)N2CCN(c3ccc(Br)cn3)CC2)cc1. The molecule has 3 heterocycles. The van der Waals surface area contributed by atoms with Crippen LogP contribution in [0.15, 0.2) is 47.1 Å². The van der Waals surface area contributed by atoms with E-state index in [1.54, 1.807) is 11.3 Å². The standard InChI is InChI=1S/C22H23BrN4OS/c1-15-3-5-17(6-4-15)22-19(29-16(2)25-22)13-21(28)27-11-9-26(10-12-27)20-8-7-18(23)14-24-20/h3-8,14H,9-13H2,1-2H3. The van der Waals surface area contributed by atoms with Crippen molar-refractivity contribution < 1.29 is 4.79 Å². The summed E-state index contributed by atoms with van der Waals surface area (Å²) in [6, 6.07) is 12.4. The maximum Gasteiger partial charge on any atom is 0.228 e. The summed E-state index contributed by atoms with van der Waals surface area (Å²) in [5.74, 6) is 1.13. The molecule has 0 radical (unpaired) electrons. The lowest BCUT2D eigenvalue weighted by molar-refractivity contribution is -0.130. The van der Waals surface area contributed by atoms with Crippen LogP contribution in [0.1, 0.15) is 15.4 Å². The van der Waals surface area contributed by atoms with Crippen LogP contribution in [-0.4, -0.2) is 47.0 Å². The zero-order valence-corrected chi connectivity index (χ0v) is 19.0. The molecule has 1 aliphatic rings. The molecule has 1 fully saturated rings. The van der Waals surface area contributed by atoms with E-state index in [2.05, 4.69) is 57.0 Å². The molecule has 0 atom stereocenters. The smallest absolute Gasteiger partial charge is 0.228 e. The first kappa shape index (κ1) is 20.0. The summed E-state index contributed by atoms with van der Waals surface area (Å²) in [6.07, 6.45) is 2.22. The second-order valence-corrected chi connectivity index (χ2v) is 9.45. The maximum atomic E-state index is 13.0. The van der Waals surface area contributed by atoms with E-state index in [1.807, 2.05) is 30.2 Å². The molecule has 1 aromatic carbocycles. The Hall–Kier alpha value is -2.25. The predicted molar refractivity (Wildman–Crippen MR) is 121 cm³/mol. The van der Waals surface area contributed by atoms with Gasteiger partial charge in [-0.25, -0.2) is 9.97 Å². The number of pyridine rings is 1. The van der Waals surface area contributed by atoms with Gasteiger partial charge in [0.15, 0.2) is 0 Å². The van der Waals surface area contributed by atoms with Gasteiger partial charge in [-0.3, -0.25) is 4.79 Å². The number of carbonyl (C=O) groups excluding carboxylic acids is 1. The first-order chi connectivity index (χ1) is 14.0. The largest absolute Gasteiger partial charge is 0.353 e. The molecule has 7 heteroatoms. The van der Waals surface area contributed by atoms with Crippen molar-refractivity contribution in [1.29, 1.82) is 0 Å². The molecule has 3 aromatic rings. The van der Waals surface area contributed by atoms with Gasteiger partial charge in [0.2, 0.25) is 5.91 Å². The van der Waals surface area contributed by atoms with Crippen LogP contribution in [0, 0.1) is 13.8 Å². The lowest BCUT2D eigenvalue weighted by atomic mass is 10.1. The van der Waals surface area contributed by atoms with E-state index < -0.39 is 0 Å². The molecule has 0 bridgehead atoms. The summed E-state index contributed by atoms with van der Waals surface area (Å²) in [6.45, 7) is 7.10. The number of hydrogen-bond acceptors (Lipinski definition) is 5. The Labute approximate surface area is 183 Å². The van der Waals surface area contributed by atoms with Gasteiger partial charge < -0.3 is 9.80 Å². The molecule has 0 aliphatic carbocycles. The first-order valence-electron chi connectivity index (χ1n) is 9.67. The van der Waals surface area contributed by atoms with E-state index in [4.69, 9.17) is 4.98 Å². The Morgan fingerprint density at radius 2 is 1.79 bits per heavy atom. The Morgan fingerprint density at radius 1 is 1.07 bits per heavy atom. The fourth-order valence-corrected chi connectivity index (χ4v) is 4.70. The van der Waals surface area contributed by atoms with Crippen molar-refractivity contribution in [2.75, 3.05) is 31.1 Å². The van der Waals surface area contributed by atoms with E-state index in [1.165, 1.54) is 5.56 Å². The van der Waals surface area contributed by atoms with Crippen molar-refractivity contribution in [2.45, 2.75) is 20.3 Å². The van der Waals surface area contributed by atoms with Crippen molar-refractivity contribution in [1.82, 2.24) is 14.9 Å². The lowest BCUT2D eigenvalue weighted by Gasteiger charge is -2.35. The predicted octanol–water partition coefficient (Wildman–Crippen LogP) is 4.48. The molecule has 0 N–H and O–H groups in total. The van der Waals surface area contributed by atoms with Crippen molar-refractivity contribution in [2.24, 2.45) is 0 Å². The molecule has 150 valence electrons. The average Bonchev–Trinajstić information content (AvgIpc) is 3.09. The van der Waals surface area contributed by atoms with Gasteiger partial charge in [-0.2, -0.15) is 0 Å². The number of aromatic nitrogens is 2. The van der Waals surface area contributed by atoms with Crippen LogP contribution in [0.25, 0.3) is 11.3 Å². The van der Waals surface area contributed by atoms with Crippen LogP contribution in [0.5, 0.6) is 0 Å². The molecule has 1 saturated heterocycles. The Balaban J connectivity index is 1.42. The highest BCUT2D eigenvalue weighted by atomic mass is 79.9. The normalized spacial score (nSPS) is 14.3. The third-order valence-electron chi connectivity index (χ3n) is 5.11. The number of hydrogen-bond donors (Lipinski definition) is 0. The van der Waals surface area contributed by atoms with Gasteiger partial charge >= 0.3 is 0 Å². The molecule has 0 saturated carbocycles. The number of carbonyl (C=O) groups is 1. The topological polar surface area (TPSA) is 49.3 Å². The van der Waals surface area contributed by atoms with E-state index >= 15 is 0 Å². The van der Waals surface area contributed by atoms with Gasteiger partial charge in [0.1, 0.15) is 5.82 Å². The third kappa shape index (κ3) is 4.67. The van der Waals surface area contributed by atoms with Crippen molar-refractivity contribution >= 4 is 39.0 Å². The number of anilines is 1. The van der Waals surface area contributed by atoms with Gasteiger partial charge in [-0.15, -0.1) is 11.3 Å². The number of nitrogens with zero attached hydrogens (tertiary/aromatic N) is 4. The van der Waals surface area contributed by atoms with E-state index in [-0.39, 0.29) is 5.91 Å². The maximum absolute atomic E-state index is 13.0. The molecule has 1 aliphatic heterocycles. The van der Waals surface area contributed by atoms with Gasteiger partial charge in [0.25, 0.3) is 0 Å². The molecular formula is C22H23BrN4OS. The zero-order valence-electron chi connectivity index (χ0n) is 16.6. The Morgan fingerprint density at radius 3 is 2.45 bits per heavy atom. The minimum Gasteiger partial charge on any atom is -0.353 e. The fraction of sp³-hybridized carbons (Fsp3) is 0.318. The number of rotatable bonds is 4. The van der Waals surface area contributed by atoms with Crippen LogP contribution in [0.2, 0.25) is 0 Å². The Bertz CT molecular complexity index is 993. The number of benzene rings is 1. The van der Waals surface area contributed by atoms with Crippen LogP contribution < -0.4 is 4.90 Å². The van der Waals surface area contributed by atoms with Crippen molar-refractivity contribution in [3.63, 3.8) is 0 Å². The highest BCUT2D eigenvalue weighted by molar-refractivity contribution is 9.10. The molecule has 29 heavy (non-hydrogen) atoms. The second-order valence-electron chi connectivity index (χ2n) is 7.25. The molecule has 4 rings (SSSR count). The van der Waals surface area contributed by atoms with Crippen LogP contribution in [-0.2, 0) is 11.2 Å². The summed E-state index contributed by atoms with van der Waals surface area (Å²) in [5, 5.41) is 0.995. The average molecular weight is 471 g/mol. The quantitative estimate of drug-likeness (QED) is 0.563. The van der Waals surface area contributed by atoms with Gasteiger partial charge in [0.05, 0.1) is 17.1 Å². The van der Waals surface area contributed by atoms with Gasteiger partial charge in [-0.1, -0.05) is 29.8 Å². The van der Waals surface area contributed by atoms with Crippen LogP contribution >= 0.6 is 27.3 Å². The monoisotopic (exact) mass is 470 g/mol. The fourth-order valence-electron chi connectivity index (χ4n) is 3.52. The van der Waals surface area contributed by atoms with Gasteiger partial charge in [-0.05, 0) is 41.9 Å². The van der Waals surface area contributed by atoms with Gasteiger partial charge in [0, 0.05) is 47.3 Å². The highest BCUT2D eigenvalue weighted by Crippen LogP contribution is 2.29. The summed E-state index contributed by atoms with van der Waals surface area (Å²) in [4.78, 5) is 27.4.